The number of carboxylic acids is 1. The Morgan fingerprint density at radius 3 is 2.71 bits per heavy atom. The number of thiazole rings is 1. The Balaban J connectivity index is 1.86. The summed E-state index contributed by atoms with van der Waals surface area (Å²) in [6, 6.07) is 0. The van der Waals surface area contributed by atoms with E-state index in [2.05, 4.69) is 18.7 Å². The average molecular weight is 310 g/mol. The first-order valence-corrected chi connectivity index (χ1v) is 8.81. The van der Waals surface area contributed by atoms with Crippen LogP contribution in [0.2, 0.25) is 0 Å². The number of aryl methyl sites for hydroxylation is 2. The van der Waals surface area contributed by atoms with Gasteiger partial charge in [0.15, 0.2) is 0 Å². The molecule has 0 bridgehead atoms. The van der Waals surface area contributed by atoms with Gasteiger partial charge in [0.05, 0.1) is 17.1 Å². The number of rotatable bonds is 7. The molecule has 1 aromatic rings. The highest BCUT2D eigenvalue weighted by Crippen LogP contribution is 2.22. The van der Waals surface area contributed by atoms with E-state index >= 15 is 0 Å². The van der Waals surface area contributed by atoms with E-state index in [0.29, 0.717) is 6.42 Å². The van der Waals surface area contributed by atoms with Gasteiger partial charge in [-0.1, -0.05) is 13.8 Å². The van der Waals surface area contributed by atoms with Crippen LogP contribution in [0.3, 0.4) is 0 Å². The number of nitrogens with zero attached hydrogens (tertiary/aromatic N) is 2. The molecule has 1 aliphatic rings. The zero-order chi connectivity index (χ0) is 15.2. The van der Waals surface area contributed by atoms with Crippen molar-refractivity contribution in [2.75, 3.05) is 19.6 Å². The maximum absolute atomic E-state index is 10.7. The highest BCUT2D eigenvalue weighted by molar-refractivity contribution is 7.11. The van der Waals surface area contributed by atoms with Crippen LogP contribution in [0.4, 0.5) is 0 Å². The summed E-state index contributed by atoms with van der Waals surface area (Å²) in [4.78, 5) is 19.1. The fraction of sp³-hybridized carbons (Fsp3) is 0.750. The fourth-order valence-electron chi connectivity index (χ4n) is 2.78. The van der Waals surface area contributed by atoms with Crippen LogP contribution >= 0.6 is 11.3 Å². The summed E-state index contributed by atoms with van der Waals surface area (Å²) in [5.74, 6) is 0.143. The molecule has 0 unspecified atom stereocenters. The third-order valence-electron chi connectivity index (χ3n) is 4.24. The molecule has 1 aromatic heterocycles. The maximum atomic E-state index is 10.7. The van der Waals surface area contributed by atoms with Crippen LogP contribution in [-0.2, 0) is 24.1 Å². The number of carbonyl (C=O) groups is 1. The third-order valence-corrected chi connectivity index (χ3v) is 5.46. The van der Waals surface area contributed by atoms with Gasteiger partial charge in [0, 0.05) is 17.8 Å². The molecule has 5 heteroatoms. The molecule has 1 aliphatic heterocycles. The van der Waals surface area contributed by atoms with E-state index in [1.165, 1.54) is 35.8 Å². The van der Waals surface area contributed by atoms with E-state index in [9.17, 15) is 4.79 Å². The lowest BCUT2D eigenvalue weighted by atomic mass is 9.99. The third kappa shape index (κ3) is 5.08. The maximum Gasteiger partial charge on any atom is 0.303 e. The quantitative estimate of drug-likeness (QED) is 0.841. The molecule has 0 atom stereocenters. The van der Waals surface area contributed by atoms with Gasteiger partial charge in [0.25, 0.3) is 0 Å². The van der Waals surface area contributed by atoms with E-state index in [-0.39, 0.29) is 6.42 Å². The van der Waals surface area contributed by atoms with Gasteiger partial charge in [-0.05, 0) is 44.7 Å². The van der Waals surface area contributed by atoms with Gasteiger partial charge in [0.2, 0.25) is 0 Å². The van der Waals surface area contributed by atoms with E-state index in [0.717, 1.165) is 31.0 Å². The summed E-state index contributed by atoms with van der Waals surface area (Å²) in [6.07, 6.45) is 5.34. The Labute approximate surface area is 131 Å². The van der Waals surface area contributed by atoms with Crippen molar-refractivity contribution >= 4 is 17.3 Å². The molecule has 0 aliphatic carbocycles. The number of carboxylic acid groups (broad SMARTS) is 1. The highest BCUT2D eigenvalue weighted by Gasteiger charge is 2.16. The SMILES string of the molecule is CCc1nc(CCN2CCC(C)CC2)sc1CCC(=O)O. The summed E-state index contributed by atoms with van der Waals surface area (Å²) in [6.45, 7) is 7.93. The Kier molecular flexibility index (Phi) is 6.18. The zero-order valence-corrected chi connectivity index (χ0v) is 13.9. The molecule has 1 N–H and O–H groups in total. The number of piperidine rings is 1. The highest BCUT2D eigenvalue weighted by atomic mass is 32.1. The summed E-state index contributed by atoms with van der Waals surface area (Å²) in [5, 5.41) is 9.99. The van der Waals surface area contributed by atoms with Crippen LogP contribution in [0.5, 0.6) is 0 Å². The molecule has 4 nitrogen and oxygen atoms in total. The van der Waals surface area contributed by atoms with Crippen LogP contribution in [0.25, 0.3) is 0 Å². The summed E-state index contributed by atoms with van der Waals surface area (Å²) in [7, 11) is 0. The molecule has 0 amide bonds. The number of aromatic nitrogens is 1. The molecule has 2 heterocycles. The lowest BCUT2D eigenvalue weighted by molar-refractivity contribution is -0.136. The predicted octanol–water partition coefficient (Wildman–Crippen LogP) is 3.00. The molecule has 118 valence electrons. The fourth-order valence-corrected chi connectivity index (χ4v) is 3.92. The smallest absolute Gasteiger partial charge is 0.303 e. The molecular weight excluding hydrogens is 284 g/mol. The number of hydrogen-bond acceptors (Lipinski definition) is 4. The van der Waals surface area contributed by atoms with Gasteiger partial charge < -0.3 is 10.0 Å². The van der Waals surface area contributed by atoms with E-state index in [4.69, 9.17) is 10.1 Å². The first kappa shape index (κ1) is 16.4. The molecule has 21 heavy (non-hydrogen) atoms. The van der Waals surface area contributed by atoms with Gasteiger partial charge in [-0.2, -0.15) is 0 Å². The van der Waals surface area contributed by atoms with Crippen molar-refractivity contribution in [2.45, 2.75) is 52.4 Å². The Bertz CT molecular complexity index is 465. The van der Waals surface area contributed by atoms with E-state index in [1.54, 1.807) is 11.3 Å². The Morgan fingerprint density at radius 1 is 1.38 bits per heavy atom. The monoisotopic (exact) mass is 310 g/mol. The predicted molar refractivity (Wildman–Crippen MR) is 86.0 cm³/mol. The second kappa shape index (κ2) is 7.90. The van der Waals surface area contributed by atoms with Crippen molar-refractivity contribution < 1.29 is 9.90 Å². The first-order chi connectivity index (χ1) is 10.1. The summed E-state index contributed by atoms with van der Waals surface area (Å²) in [5.41, 5.74) is 1.10. The van der Waals surface area contributed by atoms with Gasteiger partial charge in [-0.15, -0.1) is 11.3 Å². The van der Waals surface area contributed by atoms with Crippen molar-refractivity contribution in [3.8, 4) is 0 Å². The number of hydrogen-bond donors (Lipinski definition) is 1. The molecular formula is C16H26N2O2S. The minimum atomic E-state index is -0.727. The van der Waals surface area contributed by atoms with Gasteiger partial charge in [-0.25, -0.2) is 4.98 Å². The van der Waals surface area contributed by atoms with Crippen molar-refractivity contribution in [3.63, 3.8) is 0 Å². The van der Waals surface area contributed by atoms with Gasteiger partial charge in [-0.3, -0.25) is 4.79 Å². The molecule has 1 saturated heterocycles. The number of aliphatic carboxylic acids is 1. The summed E-state index contributed by atoms with van der Waals surface area (Å²) < 4.78 is 0. The molecule has 0 radical (unpaired) electrons. The molecule has 0 saturated carbocycles. The standard InChI is InChI=1S/C16H26N2O2S/c1-3-13-14(4-5-16(19)20)21-15(17-13)8-11-18-9-6-12(2)7-10-18/h12H,3-11H2,1-2H3,(H,19,20). The Morgan fingerprint density at radius 2 is 2.10 bits per heavy atom. The van der Waals surface area contributed by atoms with Crippen molar-refractivity contribution in [1.29, 1.82) is 0 Å². The van der Waals surface area contributed by atoms with Crippen LogP contribution < -0.4 is 0 Å². The van der Waals surface area contributed by atoms with Crippen molar-refractivity contribution in [2.24, 2.45) is 5.92 Å². The number of likely N-dealkylation sites (tertiary alicyclic amines) is 1. The Hall–Kier alpha value is -0.940. The van der Waals surface area contributed by atoms with Crippen LogP contribution in [0.15, 0.2) is 0 Å². The molecule has 1 fully saturated rings. The zero-order valence-electron chi connectivity index (χ0n) is 13.1. The second-order valence-corrected chi connectivity index (χ2v) is 7.17. The molecule has 2 rings (SSSR count). The lowest BCUT2D eigenvalue weighted by Crippen LogP contribution is -2.34. The van der Waals surface area contributed by atoms with Crippen molar-refractivity contribution in [1.82, 2.24) is 9.88 Å². The van der Waals surface area contributed by atoms with Crippen molar-refractivity contribution in [3.05, 3.63) is 15.6 Å². The van der Waals surface area contributed by atoms with E-state index < -0.39 is 5.97 Å². The van der Waals surface area contributed by atoms with Crippen LogP contribution in [-0.4, -0.2) is 40.6 Å². The minimum absolute atomic E-state index is 0.207. The van der Waals surface area contributed by atoms with E-state index in [1.807, 2.05) is 0 Å². The lowest BCUT2D eigenvalue weighted by Gasteiger charge is -2.29. The van der Waals surface area contributed by atoms with Crippen LogP contribution in [0, 0.1) is 5.92 Å². The largest absolute Gasteiger partial charge is 0.481 e. The first-order valence-electron chi connectivity index (χ1n) is 8.00. The normalized spacial score (nSPS) is 17.2. The molecule has 0 spiro atoms. The second-order valence-electron chi connectivity index (χ2n) is 6.00. The van der Waals surface area contributed by atoms with Crippen LogP contribution in [0.1, 0.15) is 48.7 Å². The van der Waals surface area contributed by atoms with Gasteiger partial charge in [0.1, 0.15) is 0 Å². The van der Waals surface area contributed by atoms with Gasteiger partial charge >= 0.3 is 5.97 Å². The summed E-state index contributed by atoms with van der Waals surface area (Å²) >= 11 is 1.71. The topological polar surface area (TPSA) is 53.4 Å². The minimum Gasteiger partial charge on any atom is -0.481 e. The molecule has 0 aromatic carbocycles. The average Bonchev–Trinajstić information content (AvgIpc) is 2.87.